The monoisotopic (exact) mass is 695 g/mol. The number of carbonyl (C=O) groups excluding carboxylic acids is 2. The molecule has 0 bridgehead atoms. The van der Waals surface area contributed by atoms with Crippen LogP contribution in [0.5, 0.6) is 0 Å². The maximum absolute atomic E-state index is 14.0. The lowest BCUT2D eigenvalue weighted by atomic mass is 9.85. The number of nitrogen functional groups attached to an aromatic ring is 1. The SMILES string of the molecule is CC(C)CN(C[C@@H](O)[C@H](Cc1ccccc1)NC(=O)C(NC(=O)CNC1(c2cccc(F)c2)CC1)C(C)(C)C)S(=O)(=O)c1ccc(N)cc1. The van der Waals surface area contributed by atoms with Crippen LogP contribution in [-0.4, -0.2) is 67.5 Å². The van der Waals surface area contributed by atoms with Crippen molar-refractivity contribution in [1.82, 2.24) is 20.3 Å². The van der Waals surface area contributed by atoms with Gasteiger partial charge in [0.2, 0.25) is 21.8 Å². The Morgan fingerprint density at radius 1 is 0.959 bits per heavy atom. The molecule has 1 saturated carbocycles. The second-order valence-electron chi connectivity index (χ2n) is 14.5. The van der Waals surface area contributed by atoms with Gasteiger partial charge in [-0.05, 0) is 78.1 Å². The minimum atomic E-state index is -4.01. The highest BCUT2D eigenvalue weighted by molar-refractivity contribution is 7.89. The lowest BCUT2D eigenvalue weighted by molar-refractivity contribution is -0.132. The van der Waals surface area contributed by atoms with E-state index in [1.807, 2.05) is 71.0 Å². The Morgan fingerprint density at radius 3 is 2.18 bits per heavy atom. The first-order valence-electron chi connectivity index (χ1n) is 16.7. The standard InChI is InChI=1S/C37H50FN5O5S/c1-25(2)23-43(49(47,48)30-16-14-29(39)15-17-30)24-32(44)31(20-26-10-7-6-8-11-26)41-35(46)34(36(3,4)5)42-33(45)22-40-37(18-19-37)27-12-9-13-28(38)21-27/h6-17,21,25,31-32,34,40,44H,18-20,22-24,39H2,1-5H3,(H,41,46)(H,42,45)/t31-,32+,34?/m0/s1. The number of nitrogens with one attached hydrogen (secondary N) is 3. The van der Waals surface area contributed by atoms with E-state index >= 15 is 0 Å². The summed E-state index contributed by atoms with van der Waals surface area (Å²) in [6.45, 7) is 9.03. The molecule has 266 valence electrons. The van der Waals surface area contributed by atoms with Crippen molar-refractivity contribution in [2.45, 2.75) is 82.5 Å². The normalized spacial score (nSPS) is 16.2. The van der Waals surface area contributed by atoms with Gasteiger partial charge in [-0.1, -0.05) is 77.1 Å². The van der Waals surface area contributed by atoms with Crippen LogP contribution >= 0.6 is 0 Å². The quantitative estimate of drug-likeness (QED) is 0.142. The Balaban J connectivity index is 1.52. The summed E-state index contributed by atoms with van der Waals surface area (Å²) in [5.74, 6) is -1.32. The van der Waals surface area contributed by atoms with Crippen LogP contribution in [0.3, 0.4) is 0 Å². The third-order valence-electron chi connectivity index (χ3n) is 8.72. The van der Waals surface area contributed by atoms with E-state index in [2.05, 4.69) is 16.0 Å². The Morgan fingerprint density at radius 2 is 1.61 bits per heavy atom. The number of carbonyl (C=O) groups is 2. The van der Waals surface area contributed by atoms with E-state index in [9.17, 15) is 27.5 Å². The predicted molar refractivity (Wildman–Crippen MR) is 189 cm³/mol. The number of sulfonamides is 1. The number of nitrogens with zero attached hydrogens (tertiary/aromatic N) is 1. The molecule has 1 unspecified atom stereocenters. The van der Waals surface area contributed by atoms with Crippen molar-refractivity contribution in [3.8, 4) is 0 Å². The second-order valence-corrected chi connectivity index (χ2v) is 16.4. The summed E-state index contributed by atoms with van der Waals surface area (Å²) in [6.07, 6.45) is 0.431. The van der Waals surface area contributed by atoms with Crippen molar-refractivity contribution in [2.24, 2.45) is 11.3 Å². The Hall–Kier alpha value is -3.84. The second kappa shape index (κ2) is 15.8. The molecule has 3 aromatic rings. The summed E-state index contributed by atoms with van der Waals surface area (Å²) in [5, 5.41) is 20.7. The van der Waals surface area contributed by atoms with Crippen LogP contribution in [0.1, 0.15) is 58.6 Å². The maximum Gasteiger partial charge on any atom is 0.243 e. The fraction of sp³-hybridized carbons (Fsp3) is 0.459. The Labute approximate surface area is 289 Å². The van der Waals surface area contributed by atoms with E-state index in [1.54, 1.807) is 6.07 Å². The molecule has 10 nitrogen and oxygen atoms in total. The number of hydrogen-bond donors (Lipinski definition) is 5. The van der Waals surface area contributed by atoms with E-state index in [0.717, 1.165) is 24.0 Å². The van der Waals surface area contributed by atoms with Crippen molar-refractivity contribution in [3.63, 3.8) is 0 Å². The van der Waals surface area contributed by atoms with Gasteiger partial charge in [-0.3, -0.25) is 14.9 Å². The molecule has 6 N–H and O–H groups in total. The van der Waals surface area contributed by atoms with Gasteiger partial charge in [0.05, 0.1) is 23.6 Å². The third-order valence-corrected chi connectivity index (χ3v) is 10.6. The number of hydrogen-bond acceptors (Lipinski definition) is 7. The van der Waals surface area contributed by atoms with E-state index in [-0.39, 0.29) is 42.7 Å². The lowest BCUT2D eigenvalue weighted by Crippen LogP contribution is -2.59. The largest absolute Gasteiger partial charge is 0.399 e. The first-order chi connectivity index (χ1) is 23.0. The van der Waals surface area contributed by atoms with Crippen molar-refractivity contribution >= 4 is 27.5 Å². The third kappa shape index (κ3) is 10.3. The average Bonchev–Trinajstić information content (AvgIpc) is 3.83. The van der Waals surface area contributed by atoms with Gasteiger partial charge >= 0.3 is 0 Å². The van der Waals surface area contributed by atoms with Crippen LogP contribution in [0.25, 0.3) is 0 Å². The fourth-order valence-electron chi connectivity index (χ4n) is 5.84. The van der Waals surface area contributed by atoms with Crippen LogP contribution in [-0.2, 0) is 31.6 Å². The molecular formula is C37H50FN5O5S. The molecule has 0 saturated heterocycles. The molecule has 1 aliphatic carbocycles. The van der Waals surface area contributed by atoms with E-state index in [0.29, 0.717) is 5.69 Å². The average molecular weight is 696 g/mol. The Bertz CT molecular complexity index is 1680. The number of anilines is 1. The summed E-state index contributed by atoms with van der Waals surface area (Å²) < 4.78 is 42.6. The number of halogens is 1. The molecule has 3 aromatic carbocycles. The van der Waals surface area contributed by atoms with E-state index in [1.165, 1.54) is 40.7 Å². The number of benzene rings is 3. The summed E-state index contributed by atoms with van der Waals surface area (Å²) in [4.78, 5) is 27.3. The molecule has 1 fully saturated rings. The molecule has 0 aliphatic heterocycles. The number of aliphatic hydroxyl groups is 1. The molecule has 3 atom stereocenters. The molecule has 49 heavy (non-hydrogen) atoms. The van der Waals surface area contributed by atoms with Gasteiger partial charge in [0, 0.05) is 24.3 Å². The number of nitrogens with two attached hydrogens (primary N) is 1. The zero-order chi connectivity index (χ0) is 36.0. The summed E-state index contributed by atoms with van der Waals surface area (Å²) in [6, 6.07) is 19.6. The molecular weight excluding hydrogens is 646 g/mol. The van der Waals surface area contributed by atoms with Crippen molar-refractivity contribution in [2.75, 3.05) is 25.4 Å². The smallest absolute Gasteiger partial charge is 0.243 e. The van der Waals surface area contributed by atoms with Crippen molar-refractivity contribution < 1.29 is 27.5 Å². The molecule has 4 rings (SSSR count). The number of amides is 2. The van der Waals surface area contributed by atoms with E-state index in [4.69, 9.17) is 5.73 Å². The van der Waals surface area contributed by atoms with Crippen LogP contribution in [0, 0.1) is 17.2 Å². The van der Waals surface area contributed by atoms with Crippen molar-refractivity contribution in [3.05, 3.63) is 95.8 Å². The minimum Gasteiger partial charge on any atom is -0.399 e. The highest BCUT2D eigenvalue weighted by Crippen LogP contribution is 2.45. The van der Waals surface area contributed by atoms with Gasteiger partial charge in [-0.15, -0.1) is 0 Å². The zero-order valence-corrected chi connectivity index (χ0v) is 29.8. The highest BCUT2D eigenvalue weighted by Gasteiger charge is 2.45. The summed E-state index contributed by atoms with van der Waals surface area (Å²) in [5.41, 5.74) is 6.61. The Kier molecular flexibility index (Phi) is 12.2. The maximum atomic E-state index is 14.0. The first-order valence-corrected chi connectivity index (χ1v) is 18.1. The van der Waals surface area contributed by atoms with Gasteiger partial charge in [-0.25, -0.2) is 12.8 Å². The number of aliphatic hydroxyl groups excluding tert-OH is 1. The molecule has 1 aliphatic rings. The van der Waals surface area contributed by atoms with Gasteiger partial charge in [-0.2, -0.15) is 4.31 Å². The van der Waals surface area contributed by atoms with Crippen LogP contribution < -0.4 is 21.7 Å². The zero-order valence-electron chi connectivity index (χ0n) is 28.9. The van der Waals surface area contributed by atoms with Gasteiger partial charge in [0.25, 0.3) is 0 Å². The molecule has 0 heterocycles. The first kappa shape index (κ1) is 38.0. The summed E-state index contributed by atoms with van der Waals surface area (Å²) >= 11 is 0. The van der Waals surface area contributed by atoms with Crippen LogP contribution in [0.15, 0.2) is 83.8 Å². The van der Waals surface area contributed by atoms with Crippen molar-refractivity contribution in [1.29, 1.82) is 0 Å². The lowest BCUT2D eigenvalue weighted by Gasteiger charge is -2.34. The molecule has 0 aromatic heterocycles. The predicted octanol–water partition coefficient (Wildman–Crippen LogP) is 3.95. The molecule has 12 heteroatoms. The summed E-state index contributed by atoms with van der Waals surface area (Å²) in [7, 11) is -4.01. The van der Waals surface area contributed by atoms with Crippen LogP contribution in [0.4, 0.5) is 10.1 Å². The van der Waals surface area contributed by atoms with Gasteiger partial charge in [0.1, 0.15) is 11.9 Å². The molecule has 0 radical (unpaired) electrons. The number of rotatable bonds is 16. The van der Waals surface area contributed by atoms with Gasteiger partial charge < -0.3 is 21.5 Å². The van der Waals surface area contributed by atoms with Gasteiger partial charge in [0.15, 0.2) is 0 Å². The highest BCUT2D eigenvalue weighted by atomic mass is 32.2. The van der Waals surface area contributed by atoms with E-state index < -0.39 is 51.0 Å². The van der Waals surface area contributed by atoms with Crippen LogP contribution in [0.2, 0.25) is 0 Å². The topological polar surface area (TPSA) is 154 Å². The minimum absolute atomic E-state index is 0.0488. The molecule has 2 amide bonds. The fourth-order valence-corrected chi connectivity index (χ4v) is 7.46. The molecule has 0 spiro atoms.